The summed E-state index contributed by atoms with van der Waals surface area (Å²) in [7, 11) is -3.88. The average molecular weight is 401 g/mol. The molecule has 0 radical (unpaired) electrons. The molecule has 28 heavy (non-hydrogen) atoms. The Balaban J connectivity index is 1.78. The van der Waals surface area contributed by atoms with E-state index in [1.807, 2.05) is 30.3 Å². The number of sulfonamides is 1. The molecule has 0 fully saturated rings. The Bertz CT molecular complexity index is 971. The van der Waals surface area contributed by atoms with Crippen molar-refractivity contribution in [1.29, 1.82) is 0 Å². The predicted molar refractivity (Wildman–Crippen MR) is 107 cm³/mol. The predicted octanol–water partition coefficient (Wildman–Crippen LogP) is 2.88. The molecule has 1 unspecified atom stereocenters. The molecule has 1 N–H and O–H groups in total. The number of carbonyl (C=O) groups is 2. The van der Waals surface area contributed by atoms with Crippen LogP contribution < -0.4 is 5.32 Å². The number of rotatable bonds is 6. The second kappa shape index (κ2) is 8.14. The van der Waals surface area contributed by atoms with Crippen LogP contribution in [0.1, 0.15) is 47.8 Å². The first-order valence-corrected chi connectivity index (χ1v) is 10.9. The third-order valence-electron chi connectivity index (χ3n) is 4.68. The molecule has 1 heterocycles. The van der Waals surface area contributed by atoms with Gasteiger partial charge in [-0.2, -0.15) is 0 Å². The van der Waals surface area contributed by atoms with Crippen LogP contribution in [0.15, 0.2) is 54.6 Å². The zero-order chi connectivity index (χ0) is 20.3. The van der Waals surface area contributed by atoms with Crippen LogP contribution in [0.25, 0.3) is 0 Å². The Morgan fingerprint density at radius 3 is 2.39 bits per heavy atom. The highest BCUT2D eigenvalue weighted by molar-refractivity contribution is 7.89. The molecule has 2 amide bonds. The smallest absolute Gasteiger partial charge is 0.268 e. The first-order chi connectivity index (χ1) is 13.3. The largest absolute Gasteiger partial charge is 0.348 e. The normalized spacial score (nSPS) is 16.5. The van der Waals surface area contributed by atoms with Crippen LogP contribution in [-0.2, 0) is 20.6 Å². The van der Waals surface area contributed by atoms with Crippen molar-refractivity contribution < 1.29 is 18.0 Å². The number of hydrogen-bond acceptors (Lipinski definition) is 4. The first-order valence-electron chi connectivity index (χ1n) is 9.25. The molecule has 2 aromatic carbocycles. The van der Waals surface area contributed by atoms with Gasteiger partial charge in [0.25, 0.3) is 5.91 Å². The van der Waals surface area contributed by atoms with E-state index < -0.39 is 28.4 Å². The molecule has 0 spiro atoms. The molecule has 0 aliphatic carbocycles. The number of nitrogens with one attached hydrogen (secondary N) is 1. The molecular formula is C21H24N2O4S. The second-order valence-corrected chi connectivity index (χ2v) is 9.28. The summed E-state index contributed by atoms with van der Waals surface area (Å²) in [5, 5.41) is 2.90. The lowest BCUT2D eigenvalue weighted by molar-refractivity contribution is -0.121. The van der Waals surface area contributed by atoms with Crippen LogP contribution in [0.5, 0.6) is 0 Å². The van der Waals surface area contributed by atoms with E-state index in [1.54, 1.807) is 24.3 Å². The fraction of sp³-hybridized carbons (Fsp3) is 0.333. The minimum Gasteiger partial charge on any atom is -0.348 e. The van der Waals surface area contributed by atoms with Crippen molar-refractivity contribution >= 4 is 21.8 Å². The summed E-state index contributed by atoms with van der Waals surface area (Å²) in [5.41, 5.74) is 1.74. The summed E-state index contributed by atoms with van der Waals surface area (Å²) < 4.78 is 25.8. The van der Waals surface area contributed by atoms with Gasteiger partial charge in [-0.05, 0) is 29.5 Å². The van der Waals surface area contributed by atoms with Crippen LogP contribution >= 0.6 is 0 Å². The fourth-order valence-corrected chi connectivity index (χ4v) is 4.83. The van der Waals surface area contributed by atoms with E-state index in [0.717, 1.165) is 5.56 Å². The van der Waals surface area contributed by atoms with E-state index in [1.165, 1.54) is 0 Å². The number of benzene rings is 2. The zero-order valence-electron chi connectivity index (χ0n) is 16.0. The molecule has 148 valence electrons. The molecule has 7 heteroatoms. The van der Waals surface area contributed by atoms with Gasteiger partial charge in [0.2, 0.25) is 15.9 Å². The van der Waals surface area contributed by atoms with Crippen molar-refractivity contribution in [1.82, 2.24) is 9.62 Å². The maximum Gasteiger partial charge on any atom is 0.268 e. The van der Waals surface area contributed by atoms with Crippen molar-refractivity contribution in [3.63, 3.8) is 0 Å². The van der Waals surface area contributed by atoms with Crippen molar-refractivity contribution in [3.05, 3.63) is 71.3 Å². The fourth-order valence-electron chi connectivity index (χ4n) is 3.37. The molecule has 0 saturated heterocycles. The summed E-state index contributed by atoms with van der Waals surface area (Å²) >= 11 is 0. The van der Waals surface area contributed by atoms with Gasteiger partial charge in [-0.25, -0.2) is 12.7 Å². The lowest BCUT2D eigenvalue weighted by Gasteiger charge is -2.28. The number of fused-ring (bicyclic) bond motifs is 1. The summed E-state index contributed by atoms with van der Waals surface area (Å²) in [5.74, 6) is -1.10. The summed E-state index contributed by atoms with van der Waals surface area (Å²) in [4.78, 5) is 25.3. The van der Waals surface area contributed by atoms with Crippen LogP contribution in [0.3, 0.4) is 0 Å². The molecular weight excluding hydrogens is 376 g/mol. The summed E-state index contributed by atoms with van der Waals surface area (Å²) in [6.45, 7) is 3.59. The number of hydrogen-bond donors (Lipinski definition) is 1. The van der Waals surface area contributed by atoms with E-state index in [2.05, 4.69) is 19.2 Å². The molecule has 6 nitrogen and oxygen atoms in total. The average Bonchev–Trinajstić information content (AvgIpc) is 2.64. The zero-order valence-corrected chi connectivity index (χ0v) is 16.8. The standard InChI is InChI=1S/C21H24N2O4S/c1-15(2)12-19(16-8-4-3-5-9-16)22-20(24)13-23-21(25)18-11-7-6-10-17(18)14-28(23,26)27/h3-11,15,19H,12-14H2,1-2H3,(H,22,24). The molecule has 0 saturated carbocycles. The lowest BCUT2D eigenvalue weighted by Crippen LogP contribution is -2.47. The third kappa shape index (κ3) is 4.42. The quantitative estimate of drug-likeness (QED) is 0.808. The van der Waals surface area contributed by atoms with Gasteiger partial charge < -0.3 is 5.32 Å². The lowest BCUT2D eigenvalue weighted by atomic mass is 9.97. The summed E-state index contributed by atoms with van der Waals surface area (Å²) in [6.07, 6.45) is 0.708. The highest BCUT2D eigenvalue weighted by atomic mass is 32.2. The minimum absolute atomic E-state index is 0.247. The summed E-state index contributed by atoms with van der Waals surface area (Å²) in [6, 6.07) is 15.9. The Morgan fingerprint density at radius 1 is 1.07 bits per heavy atom. The number of amides is 2. The van der Waals surface area contributed by atoms with Gasteiger partial charge in [0.05, 0.1) is 11.8 Å². The number of nitrogens with zero attached hydrogens (tertiary/aromatic N) is 1. The van der Waals surface area contributed by atoms with Crippen LogP contribution in [-0.4, -0.2) is 31.1 Å². The Morgan fingerprint density at radius 2 is 1.71 bits per heavy atom. The van der Waals surface area contributed by atoms with Gasteiger partial charge in [0, 0.05) is 5.56 Å². The highest BCUT2D eigenvalue weighted by Gasteiger charge is 2.37. The van der Waals surface area contributed by atoms with Gasteiger partial charge in [0.1, 0.15) is 6.54 Å². The Kier molecular flexibility index (Phi) is 5.84. The van der Waals surface area contributed by atoms with Crippen molar-refractivity contribution in [2.75, 3.05) is 6.54 Å². The SMILES string of the molecule is CC(C)CC(NC(=O)CN1C(=O)c2ccccc2CS1(=O)=O)c1ccccc1. The van der Waals surface area contributed by atoms with Gasteiger partial charge in [-0.3, -0.25) is 9.59 Å². The monoisotopic (exact) mass is 400 g/mol. The molecule has 3 rings (SSSR count). The molecule has 0 bridgehead atoms. The Labute approximate surface area is 165 Å². The highest BCUT2D eigenvalue weighted by Crippen LogP contribution is 2.25. The second-order valence-electron chi connectivity index (χ2n) is 7.39. The number of carbonyl (C=O) groups excluding carboxylic acids is 2. The van der Waals surface area contributed by atoms with Gasteiger partial charge in [-0.15, -0.1) is 0 Å². The molecule has 1 atom stereocenters. The van der Waals surface area contributed by atoms with Crippen molar-refractivity contribution in [2.45, 2.75) is 32.1 Å². The topological polar surface area (TPSA) is 83.6 Å². The van der Waals surface area contributed by atoms with Gasteiger partial charge >= 0.3 is 0 Å². The van der Waals surface area contributed by atoms with Crippen LogP contribution in [0.2, 0.25) is 0 Å². The Hall–Kier alpha value is -2.67. The maximum atomic E-state index is 12.7. The van der Waals surface area contributed by atoms with E-state index in [-0.39, 0.29) is 11.8 Å². The van der Waals surface area contributed by atoms with Crippen LogP contribution in [0.4, 0.5) is 0 Å². The molecule has 1 aliphatic heterocycles. The minimum atomic E-state index is -3.88. The van der Waals surface area contributed by atoms with E-state index in [9.17, 15) is 18.0 Å². The van der Waals surface area contributed by atoms with E-state index in [4.69, 9.17) is 0 Å². The molecule has 0 aromatic heterocycles. The van der Waals surface area contributed by atoms with E-state index in [0.29, 0.717) is 27.8 Å². The first kappa shape index (κ1) is 20.1. The maximum absolute atomic E-state index is 12.7. The van der Waals surface area contributed by atoms with Crippen LogP contribution in [0, 0.1) is 5.92 Å². The van der Waals surface area contributed by atoms with Gasteiger partial charge in [-0.1, -0.05) is 62.4 Å². The van der Waals surface area contributed by atoms with Crippen molar-refractivity contribution in [2.24, 2.45) is 5.92 Å². The van der Waals surface area contributed by atoms with E-state index >= 15 is 0 Å². The van der Waals surface area contributed by atoms with Gasteiger partial charge in [0.15, 0.2) is 0 Å². The third-order valence-corrected chi connectivity index (χ3v) is 6.32. The molecule has 2 aromatic rings. The van der Waals surface area contributed by atoms with Crippen molar-refractivity contribution in [3.8, 4) is 0 Å². The molecule has 1 aliphatic rings.